The van der Waals surface area contributed by atoms with Gasteiger partial charge in [-0.05, 0) is 85.6 Å². The summed E-state index contributed by atoms with van der Waals surface area (Å²) in [6, 6.07) is 25.0. The van der Waals surface area contributed by atoms with Crippen LogP contribution < -0.4 is 14.4 Å². The Labute approximate surface area is 284 Å². The molecule has 4 aromatic carbocycles. The Morgan fingerprint density at radius 2 is 1.48 bits per heavy atom. The highest BCUT2D eigenvalue weighted by Crippen LogP contribution is 2.28. The van der Waals surface area contributed by atoms with Crippen LogP contribution in [0.25, 0.3) is 0 Å². The van der Waals surface area contributed by atoms with Crippen molar-refractivity contribution < 1.29 is 22.7 Å². The van der Waals surface area contributed by atoms with E-state index in [0.29, 0.717) is 21.4 Å². The normalized spacial score (nSPS) is 12.0. The van der Waals surface area contributed by atoms with E-state index < -0.39 is 28.5 Å². The van der Waals surface area contributed by atoms with Crippen LogP contribution in [0.5, 0.6) is 5.75 Å². The van der Waals surface area contributed by atoms with Crippen LogP contribution in [0, 0.1) is 0 Å². The molecule has 0 saturated heterocycles. The van der Waals surface area contributed by atoms with E-state index in [1.165, 1.54) is 48.4 Å². The predicted octanol–water partition coefficient (Wildman–Crippen LogP) is 7.02. The number of carbonyl (C=O) groups is 2. The number of nitrogens with one attached hydrogen (secondary N) is 1. The van der Waals surface area contributed by atoms with Gasteiger partial charge < -0.3 is 15.0 Å². The molecular formula is C34H34Cl3N3O5S. The highest BCUT2D eigenvalue weighted by molar-refractivity contribution is 7.92. The molecule has 8 nitrogen and oxygen atoms in total. The van der Waals surface area contributed by atoms with Gasteiger partial charge in [0.1, 0.15) is 18.3 Å². The molecule has 2 amide bonds. The zero-order chi connectivity index (χ0) is 33.4. The first kappa shape index (κ1) is 35.1. The summed E-state index contributed by atoms with van der Waals surface area (Å²) in [7, 11) is -2.80. The molecule has 0 aromatic heterocycles. The molecule has 242 valence electrons. The molecule has 4 aromatic rings. The fraction of sp³-hybridized carbons (Fsp3) is 0.235. The van der Waals surface area contributed by atoms with E-state index >= 15 is 0 Å². The second kappa shape index (κ2) is 15.7. The Hall–Kier alpha value is -3.76. The molecule has 0 aliphatic carbocycles. The van der Waals surface area contributed by atoms with Gasteiger partial charge in [-0.25, -0.2) is 8.42 Å². The zero-order valence-electron chi connectivity index (χ0n) is 25.5. The van der Waals surface area contributed by atoms with Crippen LogP contribution in [0.1, 0.15) is 25.0 Å². The number of halogens is 3. The van der Waals surface area contributed by atoms with E-state index in [1.807, 2.05) is 44.2 Å². The van der Waals surface area contributed by atoms with Crippen molar-refractivity contribution >= 4 is 62.3 Å². The molecule has 0 heterocycles. The number of sulfonamides is 1. The van der Waals surface area contributed by atoms with Gasteiger partial charge in [-0.3, -0.25) is 13.9 Å². The molecule has 0 spiro atoms. The SMILES string of the molecule is COc1ccc(S(=O)(=O)N(CC(=O)N(Cc2ccc(Cl)c(Cl)c2)[C@H](Cc2ccccc2)C(=O)NC(C)C)c2ccc(Cl)cc2)cc1. The first-order valence-corrected chi connectivity index (χ1v) is 17.0. The zero-order valence-corrected chi connectivity index (χ0v) is 28.6. The van der Waals surface area contributed by atoms with Crippen molar-refractivity contribution in [3.05, 3.63) is 123 Å². The maximum atomic E-state index is 14.5. The van der Waals surface area contributed by atoms with E-state index in [4.69, 9.17) is 39.5 Å². The Kier molecular flexibility index (Phi) is 12.0. The number of hydrogen-bond acceptors (Lipinski definition) is 5. The fourth-order valence-corrected chi connectivity index (χ4v) is 6.64. The lowest BCUT2D eigenvalue weighted by Crippen LogP contribution is -2.54. The first-order valence-electron chi connectivity index (χ1n) is 14.4. The number of methoxy groups -OCH3 is 1. The van der Waals surface area contributed by atoms with Crippen LogP contribution >= 0.6 is 34.8 Å². The summed E-state index contributed by atoms with van der Waals surface area (Å²) in [4.78, 5) is 29.6. The standard InChI is InChI=1S/C34H34Cl3N3O5S/c1-23(2)38-34(42)32(20-24-7-5-4-6-8-24)39(21-25-9-18-30(36)31(37)19-25)33(41)22-40(27-12-10-26(35)11-13-27)46(43,44)29-16-14-28(45-3)15-17-29/h4-19,23,32H,20-22H2,1-3H3,(H,38,42)/t32-/m1/s1. The topological polar surface area (TPSA) is 96.0 Å². The molecule has 0 unspecified atom stereocenters. The third kappa shape index (κ3) is 8.94. The predicted molar refractivity (Wildman–Crippen MR) is 183 cm³/mol. The lowest BCUT2D eigenvalue weighted by Gasteiger charge is -2.34. The van der Waals surface area contributed by atoms with Gasteiger partial charge in [-0.2, -0.15) is 0 Å². The first-order chi connectivity index (χ1) is 21.9. The summed E-state index contributed by atoms with van der Waals surface area (Å²) in [5, 5.41) is 3.93. The van der Waals surface area contributed by atoms with Crippen molar-refractivity contribution in [3.63, 3.8) is 0 Å². The number of amides is 2. The van der Waals surface area contributed by atoms with Crippen molar-refractivity contribution in [2.45, 2.75) is 43.8 Å². The van der Waals surface area contributed by atoms with Gasteiger partial charge in [0, 0.05) is 24.0 Å². The van der Waals surface area contributed by atoms with Crippen LogP contribution in [0.2, 0.25) is 15.1 Å². The molecule has 0 bridgehead atoms. The lowest BCUT2D eigenvalue weighted by molar-refractivity contribution is -0.140. The third-order valence-electron chi connectivity index (χ3n) is 7.08. The molecule has 0 radical (unpaired) electrons. The minimum absolute atomic E-state index is 0.0459. The average Bonchev–Trinajstić information content (AvgIpc) is 3.03. The van der Waals surface area contributed by atoms with Crippen molar-refractivity contribution in [3.8, 4) is 5.75 Å². The minimum atomic E-state index is -4.28. The van der Waals surface area contributed by atoms with Gasteiger partial charge in [-0.1, -0.05) is 71.2 Å². The highest BCUT2D eigenvalue weighted by atomic mass is 35.5. The quantitative estimate of drug-likeness (QED) is 0.162. The van der Waals surface area contributed by atoms with Crippen LogP contribution in [0.15, 0.2) is 102 Å². The van der Waals surface area contributed by atoms with Gasteiger partial charge in [0.2, 0.25) is 11.8 Å². The van der Waals surface area contributed by atoms with Crippen LogP contribution in [-0.4, -0.2) is 50.9 Å². The molecule has 0 saturated carbocycles. The molecule has 46 heavy (non-hydrogen) atoms. The maximum absolute atomic E-state index is 14.5. The van der Waals surface area contributed by atoms with Gasteiger partial charge in [0.15, 0.2) is 0 Å². The summed E-state index contributed by atoms with van der Waals surface area (Å²) in [5.41, 5.74) is 1.64. The second-order valence-electron chi connectivity index (χ2n) is 10.8. The van der Waals surface area contributed by atoms with E-state index in [1.54, 1.807) is 30.3 Å². The Bertz CT molecular complexity index is 1750. The monoisotopic (exact) mass is 701 g/mol. The summed E-state index contributed by atoms with van der Waals surface area (Å²) < 4.78 is 34.5. The van der Waals surface area contributed by atoms with Gasteiger partial charge in [-0.15, -0.1) is 0 Å². The Balaban J connectivity index is 1.81. The molecule has 4 rings (SSSR count). The van der Waals surface area contributed by atoms with Crippen LogP contribution in [0.3, 0.4) is 0 Å². The van der Waals surface area contributed by atoms with E-state index in [0.717, 1.165) is 9.87 Å². The van der Waals surface area contributed by atoms with Crippen LogP contribution in [0.4, 0.5) is 5.69 Å². The summed E-state index contributed by atoms with van der Waals surface area (Å²) >= 11 is 18.6. The Morgan fingerprint density at radius 1 is 0.826 bits per heavy atom. The average molecular weight is 703 g/mol. The van der Waals surface area contributed by atoms with E-state index in [-0.39, 0.29) is 40.5 Å². The molecule has 0 aliphatic rings. The van der Waals surface area contributed by atoms with Crippen molar-refractivity contribution in [1.82, 2.24) is 10.2 Å². The number of hydrogen-bond donors (Lipinski definition) is 1. The van der Waals surface area contributed by atoms with Crippen molar-refractivity contribution in [2.75, 3.05) is 18.0 Å². The molecule has 1 N–H and O–H groups in total. The van der Waals surface area contributed by atoms with Crippen molar-refractivity contribution in [2.24, 2.45) is 0 Å². The van der Waals surface area contributed by atoms with E-state index in [9.17, 15) is 18.0 Å². The maximum Gasteiger partial charge on any atom is 0.264 e. The van der Waals surface area contributed by atoms with Gasteiger partial charge >= 0.3 is 0 Å². The molecule has 1 atom stereocenters. The van der Waals surface area contributed by atoms with Gasteiger partial charge in [0.05, 0.1) is 27.7 Å². The van der Waals surface area contributed by atoms with E-state index in [2.05, 4.69) is 5.32 Å². The molecular weight excluding hydrogens is 669 g/mol. The smallest absolute Gasteiger partial charge is 0.264 e. The number of carbonyl (C=O) groups excluding carboxylic acids is 2. The third-order valence-corrected chi connectivity index (χ3v) is 9.86. The summed E-state index contributed by atoms with van der Waals surface area (Å²) in [6.45, 7) is 2.99. The minimum Gasteiger partial charge on any atom is -0.497 e. The summed E-state index contributed by atoms with van der Waals surface area (Å²) in [5.74, 6) is -0.526. The number of rotatable bonds is 13. The Morgan fingerprint density at radius 3 is 2.07 bits per heavy atom. The number of ether oxygens (including phenoxy) is 1. The number of anilines is 1. The largest absolute Gasteiger partial charge is 0.497 e. The van der Waals surface area contributed by atoms with Crippen molar-refractivity contribution in [1.29, 1.82) is 0 Å². The lowest BCUT2D eigenvalue weighted by atomic mass is 10.0. The highest BCUT2D eigenvalue weighted by Gasteiger charge is 2.35. The molecule has 0 fully saturated rings. The molecule has 0 aliphatic heterocycles. The number of nitrogens with zero attached hydrogens (tertiary/aromatic N) is 2. The second-order valence-corrected chi connectivity index (χ2v) is 13.9. The number of benzene rings is 4. The fourth-order valence-electron chi connectivity index (χ4n) is 4.78. The van der Waals surface area contributed by atoms with Crippen LogP contribution in [-0.2, 0) is 32.6 Å². The summed E-state index contributed by atoms with van der Waals surface area (Å²) in [6.07, 6.45) is 0.179. The molecule has 12 heteroatoms. The van der Waals surface area contributed by atoms with Gasteiger partial charge in [0.25, 0.3) is 10.0 Å².